The van der Waals surface area contributed by atoms with Gasteiger partial charge in [0.05, 0.1) is 12.6 Å². The summed E-state index contributed by atoms with van der Waals surface area (Å²) >= 11 is 0. The first kappa shape index (κ1) is 22.0. The second-order valence-corrected chi connectivity index (χ2v) is 7.85. The molecule has 0 radical (unpaired) electrons. The van der Waals surface area contributed by atoms with E-state index in [-0.39, 0.29) is 29.6 Å². The van der Waals surface area contributed by atoms with E-state index in [0.717, 1.165) is 11.1 Å². The number of hydrogen-bond acceptors (Lipinski definition) is 4. The Morgan fingerprint density at radius 3 is 2.42 bits per heavy atom. The number of aromatic nitrogens is 2. The molecule has 0 unspecified atom stereocenters. The van der Waals surface area contributed by atoms with Crippen LogP contribution in [0.25, 0.3) is 11.1 Å². The van der Waals surface area contributed by atoms with Gasteiger partial charge in [-0.15, -0.1) is 0 Å². The number of nitrogens with one attached hydrogen (secondary N) is 2. The number of carbonyl (C=O) groups is 1. The summed E-state index contributed by atoms with van der Waals surface area (Å²) in [5.74, 6) is 0.0130. The largest absolute Gasteiger partial charge is 0.384 e. The molecule has 1 amide bonds. The topological polar surface area (TPSA) is 114 Å². The number of benzene rings is 2. The van der Waals surface area contributed by atoms with Gasteiger partial charge in [0.25, 0.3) is 5.56 Å². The summed E-state index contributed by atoms with van der Waals surface area (Å²) in [6, 6.07) is 16.6. The van der Waals surface area contributed by atoms with E-state index in [0.29, 0.717) is 29.8 Å². The molecule has 0 atom stereocenters. The Morgan fingerprint density at radius 2 is 1.81 bits per heavy atom. The van der Waals surface area contributed by atoms with Crippen molar-refractivity contribution in [1.29, 1.82) is 5.41 Å². The maximum Gasteiger partial charge on any atom is 0.271 e. The van der Waals surface area contributed by atoms with E-state index >= 15 is 0 Å². The number of nitrogens with two attached hydrogens (primary N) is 1. The van der Waals surface area contributed by atoms with Crippen LogP contribution in [0.2, 0.25) is 0 Å². The summed E-state index contributed by atoms with van der Waals surface area (Å²) in [5.41, 5.74) is 8.70. The van der Waals surface area contributed by atoms with E-state index in [9.17, 15) is 9.59 Å². The Balaban J connectivity index is 1.81. The second-order valence-electron chi connectivity index (χ2n) is 7.85. The smallest absolute Gasteiger partial charge is 0.271 e. The van der Waals surface area contributed by atoms with Gasteiger partial charge in [0.2, 0.25) is 5.91 Å². The highest BCUT2D eigenvalue weighted by molar-refractivity contribution is 5.94. The Bertz CT molecular complexity index is 1120. The van der Waals surface area contributed by atoms with Crippen molar-refractivity contribution in [2.24, 2.45) is 11.7 Å². The standard InChI is InChI=1S/C24H27N5O2/c1-16(2)15-29-24(31)20(21(14-28-29)18-6-4-3-5-7-18)12-22(30)27-13-17-8-10-19(11-9-17)23(25)26/h3-11,14,16H,12-13,15H2,1-2H3,(H3,25,26)(H,27,30). The van der Waals surface area contributed by atoms with Crippen molar-refractivity contribution in [2.75, 3.05) is 0 Å². The van der Waals surface area contributed by atoms with Gasteiger partial charge in [-0.3, -0.25) is 15.0 Å². The zero-order valence-corrected chi connectivity index (χ0v) is 17.8. The third kappa shape index (κ3) is 5.66. The van der Waals surface area contributed by atoms with E-state index in [4.69, 9.17) is 11.1 Å². The molecule has 2 aromatic carbocycles. The lowest BCUT2D eigenvalue weighted by Gasteiger charge is -2.14. The minimum atomic E-state index is -0.243. The van der Waals surface area contributed by atoms with Crippen molar-refractivity contribution in [1.82, 2.24) is 15.1 Å². The zero-order chi connectivity index (χ0) is 22.4. The molecule has 1 heterocycles. The van der Waals surface area contributed by atoms with E-state index in [1.165, 1.54) is 4.68 Å². The average molecular weight is 418 g/mol. The summed E-state index contributed by atoms with van der Waals surface area (Å²) in [5, 5.41) is 14.6. The van der Waals surface area contributed by atoms with Crippen LogP contribution in [0.1, 0.15) is 30.5 Å². The van der Waals surface area contributed by atoms with E-state index in [2.05, 4.69) is 10.4 Å². The van der Waals surface area contributed by atoms with Crippen molar-refractivity contribution in [3.05, 3.63) is 87.8 Å². The molecule has 4 N–H and O–H groups in total. The molecule has 0 saturated carbocycles. The zero-order valence-electron chi connectivity index (χ0n) is 17.8. The number of carbonyl (C=O) groups excluding carboxylic acids is 1. The fraction of sp³-hybridized carbons (Fsp3) is 0.250. The monoisotopic (exact) mass is 417 g/mol. The van der Waals surface area contributed by atoms with Crippen LogP contribution in [0.3, 0.4) is 0 Å². The molecule has 160 valence electrons. The fourth-order valence-electron chi connectivity index (χ4n) is 3.27. The summed E-state index contributed by atoms with van der Waals surface area (Å²) in [4.78, 5) is 25.8. The number of amides is 1. The molecule has 3 rings (SSSR count). The summed E-state index contributed by atoms with van der Waals surface area (Å²) < 4.78 is 1.43. The minimum Gasteiger partial charge on any atom is -0.384 e. The molecule has 0 aliphatic carbocycles. The van der Waals surface area contributed by atoms with E-state index in [1.54, 1.807) is 18.3 Å². The number of nitrogen functional groups attached to an aromatic ring is 1. The van der Waals surface area contributed by atoms with Crippen molar-refractivity contribution in [3.63, 3.8) is 0 Å². The highest BCUT2D eigenvalue weighted by atomic mass is 16.2. The molecule has 0 fully saturated rings. The normalized spacial score (nSPS) is 10.8. The Kier molecular flexibility index (Phi) is 6.97. The molecular weight excluding hydrogens is 390 g/mol. The molecular formula is C24H27N5O2. The predicted octanol–water partition coefficient (Wildman–Crippen LogP) is 2.71. The van der Waals surface area contributed by atoms with Crippen molar-refractivity contribution in [2.45, 2.75) is 33.4 Å². The Labute approximate surface area is 181 Å². The Morgan fingerprint density at radius 1 is 1.13 bits per heavy atom. The number of hydrogen-bond donors (Lipinski definition) is 3. The lowest BCUT2D eigenvalue weighted by Crippen LogP contribution is -2.32. The molecule has 0 bridgehead atoms. The lowest BCUT2D eigenvalue weighted by molar-refractivity contribution is -0.120. The van der Waals surface area contributed by atoms with Crippen LogP contribution in [0.15, 0.2) is 65.6 Å². The molecule has 0 aliphatic heterocycles. The van der Waals surface area contributed by atoms with E-state index < -0.39 is 0 Å². The average Bonchev–Trinajstić information content (AvgIpc) is 2.76. The van der Waals surface area contributed by atoms with Gasteiger partial charge in [0.1, 0.15) is 5.84 Å². The van der Waals surface area contributed by atoms with Gasteiger partial charge in [0, 0.05) is 29.8 Å². The second kappa shape index (κ2) is 9.84. The summed E-state index contributed by atoms with van der Waals surface area (Å²) in [7, 11) is 0. The van der Waals surface area contributed by atoms with Crippen LogP contribution in [-0.2, 0) is 24.3 Å². The van der Waals surface area contributed by atoms with Crippen LogP contribution >= 0.6 is 0 Å². The van der Waals surface area contributed by atoms with Crippen molar-refractivity contribution < 1.29 is 4.79 Å². The fourth-order valence-corrected chi connectivity index (χ4v) is 3.27. The van der Waals surface area contributed by atoms with Gasteiger partial charge in [-0.25, -0.2) is 4.68 Å². The molecule has 7 nitrogen and oxygen atoms in total. The number of rotatable bonds is 8. The van der Waals surface area contributed by atoms with Gasteiger partial charge in [-0.2, -0.15) is 5.10 Å². The van der Waals surface area contributed by atoms with Crippen molar-refractivity contribution in [3.8, 4) is 11.1 Å². The number of nitrogens with zero attached hydrogens (tertiary/aromatic N) is 2. The first-order valence-electron chi connectivity index (χ1n) is 10.2. The molecule has 7 heteroatoms. The first-order chi connectivity index (χ1) is 14.8. The van der Waals surface area contributed by atoms with Crippen LogP contribution < -0.4 is 16.6 Å². The number of amidine groups is 1. The third-order valence-electron chi connectivity index (χ3n) is 4.86. The van der Waals surface area contributed by atoms with E-state index in [1.807, 2.05) is 56.3 Å². The third-order valence-corrected chi connectivity index (χ3v) is 4.86. The van der Waals surface area contributed by atoms with Crippen LogP contribution in [0.5, 0.6) is 0 Å². The van der Waals surface area contributed by atoms with Gasteiger partial charge in [0.15, 0.2) is 0 Å². The molecule has 0 aliphatic rings. The van der Waals surface area contributed by atoms with Crippen LogP contribution in [0.4, 0.5) is 0 Å². The van der Waals surface area contributed by atoms with Crippen LogP contribution in [-0.4, -0.2) is 21.5 Å². The quantitative estimate of drug-likeness (QED) is 0.386. The van der Waals surface area contributed by atoms with Gasteiger partial charge >= 0.3 is 0 Å². The van der Waals surface area contributed by atoms with Gasteiger partial charge in [-0.05, 0) is 17.0 Å². The Hall–Kier alpha value is -3.74. The molecule has 3 aromatic rings. The van der Waals surface area contributed by atoms with Gasteiger partial charge in [-0.1, -0.05) is 68.4 Å². The maximum atomic E-state index is 13.1. The molecule has 31 heavy (non-hydrogen) atoms. The molecule has 1 aromatic heterocycles. The van der Waals surface area contributed by atoms with Crippen molar-refractivity contribution >= 4 is 11.7 Å². The highest BCUT2D eigenvalue weighted by Crippen LogP contribution is 2.21. The minimum absolute atomic E-state index is 0.000564. The first-order valence-corrected chi connectivity index (χ1v) is 10.2. The highest BCUT2D eigenvalue weighted by Gasteiger charge is 2.17. The van der Waals surface area contributed by atoms with Crippen LogP contribution in [0, 0.1) is 11.3 Å². The van der Waals surface area contributed by atoms with Gasteiger partial charge < -0.3 is 11.1 Å². The maximum absolute atomic E-state index is 13.1. The summed E-state index contributed by atoms with van der Waals surface area (Å²) in [6.45, 7) is 4.85. The molecule has 0 saturated heterocycles. The predicted molar refractivity (Wildman–Crippen MR) is 122 cm³/mol. The summed E-state index contributed by atoms with van der Waals surface area (Å²) in [6.07, 6.45) is 1.64. The lowest BCUT2D eigenvalue weighted by atomic mass is 10.0. The molecule has 0 spiro atoms. The SMILES string of the molecule is CC(C)Cn1ncc(-c2ccccc2)c(CC(=O)NCc2ccc(C(=N)N)cc2)c1=O.